The molecule has 11 nitrogen and oxygen atoms in total. The van der Waals surface area contributed by atoms with E-state index in [0.29, 0.717) is 45.9 Å². The lowest BCUT2D eigenvalue weighted by Crippen LogP contribution is -2.18. The Bertz CT molecular complexity index is 1390. The molecule has 0 fully saturated rings. The average molecular weight is 457 g/mol. The van der Waals surface area contributed by atoms with E-state index in [1.54, 1.807) is 31.3 Å². The molecule has 1 N–H and O–H groups in total. The number of aromatic nitrogens is 6. The number of anilines is 1. The van der Waals surface area contributed by atoms with E-state index >= 15 is 0 Å². The van der Waals surface area contributed by atoms with Crippen LogP contribution in [0.5, 0.6) is 11.5 Å². The number of benzene rings is 2. The van der Waals surface area contributed by atoms with Crippen molar-refractivity contribution >= 4 is 38.6 Å². The smallest absolute Gasteiger partial charge is 0.263 e. The summed E-state index contributed by atoms with van der Waals surface area (Å²) in [5.74, 6) is 0.946. The van der Waals surface area contributed by atoms with Crippen molar-refractivity contribution in [2.75, 3.05) is 17.9 Å². The number of fused-ring (bicyclic) bond motifs is 2. The molecule has 0 spiro atoms. The van der Waals surface area contributed by atoms with Crippen molar-refractivity contribution in [2.45, 2.75) is 15.1 Å². The molecule has 1 aliphatic heterocycles. The van der Waals surface area contributed by atoms with Crippen molar-refractivity contribution < 1.29 is 17.9 Å². The molecule has 0 radical (unpaired) electrons. The number of rotatable bonds is 5. The predicted octanol–water partition coefficient (Wildman–Crippen LogP) is 1.88. The van der Waals surface area contributed by atoms with Gasteiger partial charge in [-0.15, -0.1) is 5.10 Å². The Morgan fingerprint density at radius 3 is 2.52 bits per heavy atom. The van der Waals surface area contributed by atoms with Gasteiger partial charge in [0.1, 0.15) is 18.2 Å². The molecule has 3 heterocycles. The number of nitrogens with one attached hydrogen (secondary N) is 1. The summed E-state index contributed by atoms with van der Waals surface area (Å²) < 4.78 is 41.2. The van der Waals surface area contributed by atoms with E-state index in [4.69, 9.17) is 9.47 Å². The summed E-state index contributed by atoms with van der Waals surface area (Å²) >= 11 is 1.10. The topological polar surface area (TPSA) is 134 Å². The maximum absolute atomic E-state index is 13.1. The molecule has 0 bridgehead atoms. The zero-order chi connectivity index (χ0) is 21.4. The fourth-order valence-corrected chi connectivity index (χ4v) is 4.74. The summed E-state index contributed by atoms with van der Waals surface area (Å²) in [5.41, 5.74) is 1.16. The number of sulfonamides is 1. The third-order valence-electron chi connectivity index (χ3n) is 4.36. The summed E-state index contributed by atoms with van der Waals surface area (Å²) in [6.07, 6.45) is 0. The van der Waals surface area contributed by atoms with Crippen LogP contribution in [0.1, 0.15) is 0 Å². The first-order valence-electron chi connectivity index (χ1n) is 9.09. The van der Waals surface area contributed by atoms with E-state index < -0.39 is 10.0 Å². The van der Waals surface area contributed by atoms with Crippen molar-refractivity contribution in [3.05, 3.63) is 42.5 Å². The van der Waals surface area contributed by atoms with Gasteiger partial charge < -0.3 is 9.47 Å². The normalized spacial score (nSPS) is 13.3. The van der Waals surface area contributed by atoms with Gasteiger partial charge in [0.2, 0.25) is 5.16 Å². The maximum atomic E-state index is 13.1. The summed E-state index contributed by atoms with van der Waals surface area (Å²) in [5, 5.41) is 12.1. The van der Waals surface area contributed by atoms with E-state index in [1.807, 2.05) is 6.07 Å². The van der Waals surface area contributed by atoms with Gasteiger partial charge in [0.25, 0.3) is 10.0 Å². The highest BCUT2D eigenvalue weighted by atomic mass is 32.2. The highest BCUT2D eigenvalue weighted by Crippen LogP contribution is 2.35. The molecule has 2 aromatic heterocycles. The zero-order valence-corrected chi connectivity index (χ0v) is 17.7. The van der Waals surface area contributed by atoms with Crippen molar-refractivity contribution in [1.82, 2.24) is 30.2 Å². The van der Waals surface area contributed by atoms with Crippen LogP contribution in [-0.2, 0) is 17.1 Å². The van der Waals surface area contributed by atoms with E-state index in [9.17, 15) is 8.42 Å². The SMILES string of the molecule is Cn1nnnc1Sc1nc2ccccc2nc1NS(=O)(=O)c1ccc2c(c1)OCCO2. The lowest BCUT2D eigenvalue weighted by molar-refractivity contribution is 0.171. The van der Waals surface area contributed by atoms with Crippen LogP contribution in [0.4, 0.5) is 5.82 Å². The number of nitrogens with zero attached hydrogens (tertiary/aromatic N) is 6. The Hall–Kier alpha value is -3.45. The van der Waals surface area contributed by atoms with Crippen LogP contribution in [0.3, 0.4) is 0 Å². The number of hydrogen-bond acceptors (Lipinski definition) is 10. The molecule has 1 aliphatic rings. The van der Waals surface area contributed by atoms with E-state index in [2.05, 4.69) is 30.2 Å². The average Bonchev–Trinajstić information content (AvgIpc) is 3.18. The summed E-state index contributed by atoms with van der Waals surface area (Å²) in [6, 6.07) is 11.6. The van der Waals surface area contributed by atoms with Gasteiger partial charge in [0, 0.05) is 13.1 Å². The lowest BCUT2D eigenvalue weighted by Gasteiger charge is -2.19. The number of ether oxygens (including phenoxy) is 2. The highest BCUT2D eigenvalue weighted by Gasteiger charge is 2.23. The molecule has 0 unspecified atom stereocenters. The summed E-state index contributed by atoms with van der Waals surface area (Å²) in [7, 11) is -2.31. The molecule has 0 saturated carbocycles. The minimum Gasteiger partial charge on any atom is -0.486 e. The first kappa shape index (κ1) is 19.5. The molecule has 2 aromatic carbocycles. The van der Waals surface area contributed by atoms with Crippen molar-refractivity contribution in [2.24, 2.45) is 7.05 Å². The minimum atomic E-state index is -3.99. The maximum Gasteiger partial charge on any atom is 0.263 e. The highest BCUT2D eigenvalue weighted by molar-refractivity contribution is 7.99. The van der Waals surface area contributed by atoms with Crippen molar-refractivity contribution in [3.63, 3.8) is 0 Å². The number of tetrazole rings is 1. The first-order chi connectivity index (χ1) is 15.0. The van der Waals surface area contributed by atoms with Crippen molar-refractivity contribution in [3.8, 4) is 11.5 Å². The molecule has 0 amide bonds. The van der Waals surface area contributed by atoms with Crippen LogP contribution < -0.4 is 14.2 Å². The Balaban J connectivity index is 1.55. The monoisotopic (exact) mass is 457 g/mol. The quantitative estimate of drug-likeness (QED) is 0.473. The van der Waals surface area contributed by atoms with Gasteiger partial charge >= 0.3 is 0 Å². The Labute approximate surface area is 180 Å². The number of para-hydroxylation sites is 2. The second kappa shape index (κ2) is 7.67. The number of hydrogen-bond donors (Lipinski definition) is 1. The van der Waals surface area contributed by atoms with Crippen LogP contribution in [-0.4, -0.2) is 51.8 Å². The van der Waals surface area contributed by atoms with Crippen LogP contribution in [0.25, 0.3) is 11.0 Å². The summed E-state index contributed by atoms with van der Waals surface area (Å²) in [4.78, 5) is 9.05. The Morgan fingerprint density at radius 1 is 1.03 bits per heavy atom. The molecule has 0 aliphatic carbocycles. The zero-order valence-electron chi connectivity index (χ0n) is 16.1. The lowest BCUT2D eigenvalue weighted by atomic mass is 10.3. The second-order valence-electron chi connectivity index (χ2n) is 6.46. The molecule has 4 aromatic rings. The molecule has 5 rings (SSSR count). The van der Waals surface area contributed by atoms with E-state index in [0.717, 1.165) is 11.8 Å². The standard InChI is InChI=1S/C18H15N7O4S2/c1-25-18(21-23-24-25)30-17-16(19-12-4-2-3-5-13(12)20-17)22-31(26,27)11-6-7-14-15(10-11)29-9-8-28-14/h2-7,10H,8-9H2,1H3,(H,19,22). The first-order valence-corrected chi connectivity index (χ1v) is 11.4. The molecule has 0 atom stereocenters. The molecule has 13 heteroatoms. The molecular weight excluding hydrogens is 442 g/mol. The third-order valence-corrected chi connectivity index (χ3v) is 6.71. The van der Waals surface area contributed by atoms with Crippen molar-refractivity contribution in [1.29, 1.82) is 0 Å². The van der Waals surface area contributed by atoms with Crippen LogP contribution >= 0.6 is 11.8 Å². The van der Waals surface area contributed by atoms with Gasteiger partial charge in [-0.25, -0.2) is 23.1 Å². The van der Waals surface area contributed by atoms with Gasteiger partial charge in [-0.3, -0.25) is 4.72 Å². The minimum absolute atomic E-state index is 0.0167. The van der Waals surface area contributed by atoms with E-state index in [-0.39, 0.29) is 10.7 Å². The van der Waals surface area contributed by atoms with Crippen LogP contribution in [0, 0.1) is 0 Å². The van der Waals surface area contributed by atoms with Crippen LogP contribution in [0.2, 0.25) is 0 Å². The van der Waals surface area contributed by atoms with Gasteiger partial charge in [0.15, 0.2) is 17.3 Å². The second-order valence-corrected chi connectivity index (χ2v) is 9.10. The number of aryl methyl sites for hydroxylation is 1. The van der Waals surface area contributed by atoms with Crippen LogP contribution in [0.15, 0.2) is 57.5 Å². The van der Waals surface area contributed by atoms with Gasteiger partial charge in [-0.1, -0.05) is 12.1 Å². The molecule has 158 valence electrons. The Morgan fingerprint density at radius 2 is 1.77 bits per heavy atom. The van der Waals surface area contributed by atoms with Gasteiger partial charge in [-0.2, -0.15) is 0 Å². The predicted molar refractivity (Wildman–Crippen MR) is 111 cm³/mol. The van der Waals surface area contributed by atoms with Gasteiger partial charge in [-0.05, 0) is 46.5 Å². The fraction of sp³-hybridized carbons (Fsp3) is 0.167. The summed E-state index contributed by atoms with van der Waals surface area (Å²) in [6.45, 7) is 0.772. The molecule has 0 saturated heterocycles. The molecule has 31 heavy (non-hydrogen) atoms. The molecular formula is C18H15N7O4S2. The van der Waals surface area contributed by atoms with E-state index in [1.165, 1.54) is 16.8 Å². The largest absolute Gasteiger partial charge is 0.486 e. The fourth-order valence-electron chi connectivity index (χ4n) is 2.89. The third kappa shape index (κ3) is 3.84. The van der Waals surface area contributed by atoms with Gasteiger partial charge in [0.05, 0.1) is 15.9 Å². The Kier molecular flexibility index (Phi) is 4.82.